The van der Waals surface area contributed by atoms with Crippen LogP contribution in [0.1, 0.15) is 13.8 Å². The number of morpholine rings is 1. The maximum Gasteiger partial charge on any atom is 0.239 e. The van der Waals surface area contributed by atoms with Crippen molar-refractivity contribution in [2.24, 2.45) is 11.7 Å². The van der Waals surface area contributed by atoms with Crippen LogP contribution in [0.2, 0.25) is 0 Å². The Morgan fingerprint density at radius 3 is 2.09 bits per heavy atom. The van der Waals surface area contributed by atoms with Crippen molar-refractivity contribution >= 4 is 11.8 Å². The molecule has 126 valence electrons. The zero-order valence-electron chi connectivity index (χ0n) is 13.7. The van der Waals surface area contributed by atoms with Crippen molar-refractivity contribution in [1.29, 1.82) is 0 Å². The third kappa shape index (κ3) is 4.41. The van der Waals surface area contributed by atoms with Crippen molar-refractivity contribution in [3.05, 3.63) is 0 Å². The molecule has 0 aromatic carbocycles. The summed E-state index contributed by atoms with van der Waals surface area (Å²) >= 11 is 0. The molecule has 0 radical (unpaired) electrons. The standard InChI is InChI=1S/C15H28N4O3/c1-12(2)14(16)15(21)19-5-3-18(4-6-19)13(20)11-17-7-9-22-10-8-17/h12,14H,3-11,16H2,1-2H3/t14-/m0/s1. The van der Waals surface area contributed by atoms with Crippen molar-refractivity contribution in [3.8, 4) is 0 Å². The van der Waals surface area contributed by atoms with Gasteiger partial charge in [0.05, 0.1) is 25.8 Å². The first-order valence-electron chi connectivity index (χ1n) is 8.11. The van der Waals surface area contributed by atoms with Crippen LogP contribution in [0.4, 0.5) is 0 Å². The molecule has 7 heteroatoms. The number of ether oxygens (including phenoxy) is 1. The number of nitrogens with two attached hydrogens (primary N) is 1. The van der Waals surface area contributed by atoms with Crippen LogP contribution in [0.3, 0.4) is 0 Å². The van der Waals surface area contributed by atoms with Crippen LogP contribution < -0.4 is 5.73 Å². The van der Waals surface area contributed by atoms with Crippen molar-refractivity contribution in [1.82, 2.24) is 14.7 Å². The van der Waals surface area contributed by atoms with Gasteiger partial charge in [0.1, 0.15) is 0 Å². The zero-order valence-corrected chi connectivity index (χ0v) is 13.7. The molecule has 2 rings (SSSR count). The number of piperazine rings is 1. The minimum atomic E-state index is -0.449. The molecule has 0 saturated carbocycles. The van der Waals surface area contributed by atoms with Gasteiger partial charge < -0.3 is 20.3 Å². The normalized spacial score (nSPS) is 22.0. The van der Waals surface area contributed by atoms with Crippen molar-refractivity contribution in [2.75, 3.05) is 59.0 Å². The lowest BCUT2D eigenvalue weighted by Gasteiger charge is -2.37. The largest absolute Gasteiger partial charge is 0.379 e. The van der Waals surface area contributed by atoms with Gasteiger partial charge in [-0.2, -0.15) is 0 Å². The number of rotatable bonds is 4. The maximum absolute atomic E-state index is 12.3. The summed E-state index contributed by atoms with van der Waals surface area (Å²) in [4.78, 5) is 30.3. The molecular weight excluding hydrogens is 284 g/mol. The van der Waals surface area contributed by atoms with Crippen LogP contribution >= 0.6 is 0 Å². The van der Waals surface area contributed by atoms with E-state index in [4.69, 9.17) is 10.5 Å². The lowest BCUT2D eigenvalue weighted by Crippen LogP contribution is -2.56. The summed E-state index contributed by atoms with van der Waals surface area (Å²) in [5.74, 6) is 0.269. The van der Waals surface area contributed by atoms with Crippen LogP contribution in [0.25, 0.3) is 0 Å². The van der Waals surface area contributed by atoms with Crippen LogP contribution in [-0.2, 0) is 14.3 Å². The van der Waals surface area contributed by atoms with Crippen LogP contribution in [0.15, 0.2) is 0 Å². The number of carbonyl (C=O) groups is 2. The molecule has 2 N–H and O–H groups in total. The van der Waals surface area contributed by atoms with E-state index in [0.29, 0.717) is 45.9 Å². The van der Waals surface area contributed by atoms with E-state index in [1.165, 1.54) is 0 Å². The zero-order chi connectivity index (χ0) is 16.1. The topological polar surface area (TPSA) is 79.1 Å². The fourth-order valence-electron chi connectivity index (χ4n) is 2.72. The second-order valence-electron chi connectivity index (χ2n) is 6.36. The molecule has 0 bridgehead atoms. The molecule has 0 unspecified atom stereocenters. The molecule has 0 aromatic rings. The molecule has 0 spiro atoms. The smallest absolute Gasteiger partial charge is 0.239 e. The van der Waals surface area contributed by atoms with Gasteiger partial charge in [-0.3, -0.25) is 14.5 Å². The number of hydrogen-bond acceptors (Lipinski definition) is 5. The van der Waals surface area contributed by atoms with Crippen molar-refractivity contribution < 1.29 is 14.3 Å². The summed E-state index contributed by atoms with van der Waals surface area (Å²) in [5, 5.41) is 0. The minimum absolute atomic E-state index is 0.00437. The summed E-state index contributed by atoms with van der Waals surface area (Å²) in [6.45, 7) is 9.71. The van der Waals surface area contributed by atoms with E-state index < -0.39 is 6.04 Å². The average molecular weight is 312 g/mol. The fourth-order valence-corrected chi connectivity index (χ4v) is 2.72. The van der Waals surface area contributed by atoms with Gasteiger partial charge >= 0.3 is 0 Å². The molecular formula is C15H28N4O3. The number of carbonyl (C=O) groups excluding carboxylic acids is 2. The van der Waals surface area contributed by atoms with Gasteiger partial charge in [-0.1, -0.05) is 13.8 Å². The van der Waals surface area contributed by atoms with Crippen molar-refractivity contribution in [2.45, 2.75) is 19.9 Å². The van der Waals surface area contributed by atoms with E-state index in [1.807, 2.05) is 18.7 Å². The number of hydrogen-bond donors (Lipinski definition) is 1. The quantitative estimate of drug-likeness (QED) is 0.718. The second kappa shape index (κ2) is 7.89. The molecule has 2 saturated heterocycles. The Morgan fingerprint density at radius 1 is 1.00 bits per heavy atom. The molecule has 22 heavy (non-hydrogen) atoms. The summed E-state index contributed by atoms with van der Waals surface area (Å²) in [7, 11) is 0. The highest BCUT2D eigenvalue weighted by atomic mass is 16.5. The first-order valence-corrected chi connectivity index (χ1v) is 8.11. The molecule has 0 aliphatic carbocycles. The number of nitrogens with zero attached hydrogens (tertiary/aromatic N) is 3. The lowest BCUT2D eigenvalue weighted by atomic mass is 10.0. The first kappa shape index (κ1) is 17.2. The Labute approximate surface area is 132 Å². The van der Waals surface area contributed by atoms with E-state index in [-0.39, 0.29) is 17.7 Å². The van der Waals surface area contributed by atoms with Crippen LogP contribution in [0, 0.1) is 5.92 Å². The van der Waals surface area contributed by atoms with E-state index in [0.717, 1.165) is 13.1 Å². The Hall–Kier alpha value is -1.18. The van der Waals surface area contributed by atoms with Crippen LogP contribution in [0.5, 0.6) is 0 Å². The molecule has 7 nitrogen and oxygen atoms in total. The van der Waals surface area contributed by atoms with Gasteiger partial charge in [-0.05, 0) is 5.92 Å². The second-order valence-corrected chi connectivity index (χ2v) is 6.36. The molecule has 1 atom stereocenters. The van der Waals surface area contributed by atoms with E-state index in [9.17, 15) is 9.59 Å². The van der Waals surface area contributed by atoms with E-state index in [1.54, 1.807) is 4.90 Å². The van der Waals surface area contributed by atoms with Crippen molar-refractivity contribution in [3.63, 3.8) is 0 Å². The summed E-state index contributed by atoms with van der Waals surface area (Å²) in [5.41, 5.74) is 5.92. The Morgan fingerprint density at radius 2 is 1.55 bits per heavy atom. The Bertz CT molecular complexity index is 388. The van der Waals surface area contributed by atoms with E-state index in [2.05, 4.69) is 4.90 Å². The van der Waals surface area contributed by atoms with Gasteiger partial charge in [-0.25, -0.2) is 0 Å². The summed E-state index contributed by atoms with van der Waals surface area (Å²) in [6, 6.07) is -0.449. The Balaban J connectivity index is 1.76. The van der Waals surface area contributed by atoms with E-state index >= 15 is 0 Å². The molecule has 2 aliphatic rings. The van der Waals surface area contributed by atoms with Crippen LogP contribution in [-0.4, -0.2) is 91.6 Å². The average Bonchev–Trinajstić information content (AvgIpc) is 2.54. The highest BCUT2D eigenvalue weighted by Crippen LogP contribution is 2.09. The molecule has 2 amide bonds. The summed E-state index contributed by atoms with van der Waals surface area (Å²) in [6.07, 6.45) is 0. The molecule has 0 aromatic heterocycles. The summed E-state index contributed by atoms with van der Waals surface area (Å²) < 4.78 is 5.29. The third-order valence-electron chi connectivity index (χ3n) is 4.41. The highest BCUT2D eigenvalue weighted by Gasteiger charge is 2.29. The third-order valence-corrected chi connectivity index (χ3v) is 4.41. The highest BCUT2D eigenvalue weighted by molar-refractivity contribution is 5.83. The predicted molar refractivity (Wildman–Crippen MR) is 83.2 cm³/mol. The molecule has 2 aliphatic heterocycles. The SMILES string of the molecule is CC(C)[C@H](N)C(=O)N1CCN(C(=O)CN2CCOCC2)CC1. The maximum atomic E-state index is 12.3. The minimum Gasteiger partial charge on any atom is -0.379 e. The fraction of sp³-hybridized carbons (Fsp3) is 0.867. The predicted octanol–water partition coefficient (Wildman–Crippen LogP) is -1.03. The molecule has 2 heterocycles. The van der Waals surface area contributed by atoms with Gasteiger partial charge in [0.2, 0.25) is 11.8 Å². The van der Waals surface area contributed by atoms with Gasteiger partial charge in [-0.15, -0.1) is 0 Å². The lowest BCUT2D eigenvalue weighted by molar-refractivity contribution is -0.141. The Kier molecular flexibility index (Phi) is 6.16. The number of amides is 2. The van der Waals surface area contributed by atoms with Gasteiger partial charge in [0.15, 0.2) is 0 Å². The van der Waals surface area contributed by atoms with Gasteiger partial charge in [0, 0.05) is 39.3 Å². The molecule has 2 fully saturated rings. The van der Waals surface area contributed by atoms with Gasteiger partial charge in [0.25, 0.3) is 0 Å². The monoisotopic (exact) mass is 312 g/mol. The first-order chi connectivity index (χ1) is 10.5.